The summed E-state index contributed by atoms with van der Waals surface area (Å²) < 4.78 is 0. The summed E-state index contributed by atoms with van der Waals surface area (Å²) in [5.74, 6) is 0. The van der Waals surface area contributed by atoms with Crippen LogP contribution in [-0.4, -0.2) is 9.97 Å². The quantitative estimate of drug-likeness (QED) is 0.714. The van der Waals surface area contributed by atoms with Gasteiger partial charge in [0.1, 0.15) is 0 Å². The Hall–Kier alpha value is -1.41. The summed E-state index contributed by atoms with van der Waals surface area (Å²) in [6.45, 7) is 1.88. The van der Waals surface area contributed by atoms with E-state index in [0.717, 1.165) is 16.8 Å². The highest BCUT2D eigenvalue weighted by Gasteiger charge is 2.01. The second-order valence-corrected chi connectivity index (χ2v) is 3.44. The molecule has 14 heavy (non-hydrogen) atoms. The third-order valence-electron chi connectivity index (χ3n) is 2.02. The van der Waals surface area contributed by atoms with E-state index in [1.807, 2.05) is 25.1 Å². The Kier molecular flexibility index (Phi) is 2.46. The summed E-state index contributed by atoms with van der Waals surface area (Å²) in [4.78, 5) is 8.24. The van der Waals surface area contributed by atoms with E-state index in [0.29, 0.717) is 5.02 Å². The van der Waals surface area contributed by atoms with Crippen LogP contribution >= 0.6 is 11.6 Å². The highest BCUT2D eigenvalue weighted by Crippen LogP contribution is 2.22. The maximum atomic E-state index is 5.98. The van der Waals surface area contributed by atoms with E-state index < -0.39 is 0 Å². The van der Waals surface area contributed by atoms with Crippen LogP contribution in [0.4, 0.5) is 0 Å². The Morgan fingerprint density at radius 2 is 2.07 bits per heavy atom. The third-order valence-corrected chi connectivity index (χ3v) is 2.40. The molecule has 0 fully saturated rings. The average molecular weight is 205 g/mol. The lowest BCUT2D eigenvalue weighted by Crippen LogP contribution is -1.85. The number of aryl methyl sites for hydroxylation is 1. The minimum Gasteiger partial charge on any atom is -0.264 e. The van der Waals surface area contributed by atoms with E-state index in [-0.39, 0.29) is 0 Å². The van der Waals surface area contributed by atoms with Crippen LogP contribution in [0.5, 0.6) is 0 Å². The molecule has 2 nitrogen and oxygen atoms in total. The number of pyridine rings is 2. The minimum absolute atomic E-state index is 0.686. The number of rotatable bonds is 1. The zero-order chi connectivity index (χ0) is 9.97. The van der Waals surface area contributed by atoms with Crippen molar-refractivity contribution in [2.24, 2.45) is 0 Å². The number of hydrogen-bond donors (Lipinski definition) is 0. The lowest BCUT2D eigenvalue weighted by Gasteiger charge is -2.02. The van der Waals surface area contributed by atoms with Gasteiger partial charge in [0.25, 0.3) is 0 Å². The van der Waals surface area contributed by atoms with Crippen LogP contribution in [0.3, 0.4) is 0 Å². The number of halogens is 1. The van der Waals surface area contributed by atoms with E-state index in [9.17, 15) is 0 Å². The van der Waals surface area contributed by atoms with Gasteiger partial charge in [0, 0.05) is 29.7 Å². The first-order chi connectivity index (χ1) is 6.77. The van der Waals surface area contributed by atoms with Crippen molar-refractivity contribution in [3.05, 3.63) is 47.5 Å². The molecule has 2 heterocycles. The smallest absolute Gasteiger partial charge is 0.0624 e. The van der Waals surface area contributed by atoms with Gasteiger partial charge in [0.05, 0.1) is 10.7 Å². The van der Waals surface area contributed by atoms with Crippen molar-refractivity contribution in [3.63, 3.8) is 0 Å². The predicted molar refractivity (Wildman–Crippen MR) is 57.2 cm³/mol. The Labute approximate surface area is 87.6 Å². The molecule has 2 aromatic heterocycles. The SMILES string of the molecule is Cc1ncc(-c2cccnc2)cc1Cl. The molecule has 0 N–H and O–H groups in total. The Morgan fingerprint density at radius 1 is 1.21 bits per heavy atom. The Morgan fingerprint density at radius 3 is 2.71 bits per heavy atom. The van der Waals surface area contributed by atoms with Crippen molar-refractivity contribution in [3.8, 4) is 11.1 Å². The molecule has 0 aliphatic heterocycles. The van der Waals surface area contributed by atoms with Gasteiger partial charge in [-0.3, -0.25) is 9.97 Å². The van der Waals surface area contributed by atoms with E-state index in [1.165, 1.54) is 0 Å². The third kappa shape index (κ3) is 1.75. The maximum absolute atomic E-state index is 5.98. The molecular weight excluding hydrogens is 196 g/mol. The minimum atomic E-state index is 0.686. The normalized spacial score (nSPS) is 10.1. The molecule has 0 bridgehead atoms. The van der Waals surface area contributed by atoms with Crippen LogP contribution in [0.15, 0.2) is 36.8 Å². The first-order valence-electron chi connectivity index (χ1n) is 4.30. The molecule has 0 spiro atoms. The molecule has 0 saturated heterocycles. The monoisotopic (exact) mass is 204 g/mol. The molecule has 70 valence electrons. The van der Waals surface area contributed by atoms with Gasteiger partial charge in [-0.05, 0) is 19.1 Å². The van der Waals surface area contributed by atoms with Crippen LogP contribution in [0, 0.1) is 6.92 Å². The van der Waals surface area contributed by atoms with Crippen LogP contribution in [0.2, 0.25) is 5.02 Å². The molecular formula is C11H9ClN2. The zero-order valence-corrected chi connectivity index (χ0v) is 8.49. The van der Waals surface area contributed by atoms with Crippen molar-refractivity contribution < 1.29 is 0 Å². The summed E-state index contributed by atoms with van der Waals surface area (Å²) in [5.41, 5.74) is 2.87. The van der Waals surface area contributed by atoms with Crippen molar-refractivity contribution in [1.29, 1.82) is 0 Å². The van der Waals surface area contributed by atoms with Crippen LogP contribution < -0.4 is 0 Å². The first-order valence-corrected chi connectivity index (χ1v) is 4.68. The lowest BCUT2D eigenvalue weighted by molar-refractivity contribution is 1.20. The van der Waals surface area contributed by atoms with Gasteiger partial charge in [-0.2, -0.15) is 0 Å². The predicted octanol–water partition coefficient (Wildman–Crippen LogP) is 3.11. The van der Waals surface area contributed by atoms with Crippen LogP contribution in [0.25, 0.3) is 11.1 Å². The summed E-state index contributed by atoms with van der Waals surface area (Å²) in [6, 6.07) is 5.78. The molecule has 0 amide bonds. The fraction of sp³-hybridized carbons (Fsp3) is 0.0909. The van der Waals surface area contributed by atoms with E-state index in [1.54, 1.807) is 18.6 Å². The largest absolute Gasteiger partial charge is 0.264 e. The van der Waals surface area contributed by atoms with Gasteiger partial charge < -0.3 is 0 Å². The van der Waals surface area contributed by atoms with Crippen molar-refractivity contribution in [2.45, 2.75) is 6.92 Å². The molecule has 0 radical (unpaired) electrons. The van der Waals surface area contributed by atoms with Gasteiger partial charge in [-0.1, -0.05) is 17.7 Å². The molecule has 0 aliphatic rings. The number of aromatic nitrogens is 2. The molecule has 0 unspecified atom stereocenters. The molecule has 0 atom stereocenters. The summed E-state index contributed by atoms with van der Waals surface area (Å²) in [6.07, 6.45) is 5.34. The highest BCUT2D eigenvalue weighted by atomic mass is 35.5. The average Bonchev–Trinajstić information content (AvgIpc) is 2.23. The maximum Gasteiger partial charge on any atom is 0.0624 e. The van der Waals surface area contributed by atoms with Gasteiger partial charge in [-0.15, -0.1) is 0 Å². The zero-order valence-electron chi connectivity index (χ0n) is 7.74. The molecule has 2 rings (SSSR count). The molecule has 0 saturated carbocycles. The fourth-order valence-corrected chi connectivity index (χ4v) is 1.36. The number of hydrogen-bond acceptors (Lipinski definition) is 2. The standard InChI is InChI=1S/C11H9ClN2/c1-8-11(12)5-10(7-14-8)9-3-2-4-13-6-9/h2-7H,1H3. The van der Waals surface area contributed by atoms with Gasteiger partial charge in [-0.25, -0.2) is 0 Å². The summed E-state index contributed by atoms with van der Waals surface area (Å²) >= 11 is 5.98. The molecule has 3 heteroatoms. The van der Waals surface area contributed by atoms with Gasteiger partial charge in [0.15, 0.2) is 0 Å². The van der Waals surface area contributed by atoms with Crippen LogP contribution in [-0.2, 0) is 0 Å². The second-order valence-electron chi connectivity index (χ2n) is 3.03. The summed E-state index contributed by atoms with van der Waals surface area (Å²) in [5, 5.41) is 0.686. The first kappa shape index (κ1) is 9.16. The molecule has 0 aliphatic carbocycles. The van der Waals surface area contributed by atoms with E-state index in [2.05, 4.69) is 9.97 Å². The van der Waals surface area contributed by atoms with E-state index >= 15 is 0 Å². The lowest BCUT2D eigenvalue weighted by atomic mass is 10.1. The van der Waals surface area contributed by atoms with Crippen molar-refractivity contribution >= 4 is 11.6 Å². The second kappa shape index (κ2) is 3.76. The van der Waals surface area contributed by atoms with Gasteiger partial charge in [0.2, 0.25) is 0 Å². The van der Waals surface area contributed by atoms with Gasteiger partial charge >= 0.3 is 0 Å². The fourth-order valence-electron chi connectivity index (χ4n) is 1.20. The summed E-state index contributed by atoms with van der Waals surface area (Å²) in [7, 11) is 0. The van der Waals surface area contributed by atoms with Crippen molar-refractivity contribution in [2.75, 3.05) is 0 Å². The number of nitrogens with zero attached hydrogens (tertiary/aromatic N) is 2. The van der Waals surface area contributed by atoms with Crippen molar-refractivity contribution in [1.82, 2.24) is 9.97 Å². The van der Waals surface area contributed by atoms with Crippen LogP contribution in [0.1, 0.15) is 5.69 Å². The highest BCUT2D eigenvalue weighted by molar-refractivity contribution is 6.31. The molecule has 0 aromatic carbocycles. The Bertz CT molecular complexity index is 440. The Balaban J connectivity index is 2.48. The van der Waals surface area contributed by atoms with E-state index in [4.69, 9.17) is 11.6 Å². The molecule has 2 aromatic rings. The topological polar surface area (TPSA) is 25.8 Å².